The lowest BCUT2D eigenvalue weighted by molar-refractivity contribution is 0.0766. The second-order valence-corrected chi connectivity index (χ2v) is 8.11. The molecule has 0 bridgehead atoms. The molecule has 4 rings (SSSR count). The van der Waals surface area contributed by atoms with Crippen molar-refractivity contribution >= 4 is 5.91 Å². The summed E-state index contributed by atoms with van der Waals surface area (Å²) >= 11 is 0. The molecule has 1 saturated heterocycles. The number of hydrogen-bond donors (Lipinski definition) is 1. The Kier molecular flexibility index (Phi) is 5.99. The van der Waals surface area contributed by atoms with E-state index in [0.717, 1.165) is 37.1 Å². The molecule has 162 valence electrons. The van der Waals surface area contributed by atoms with Crippen molar-refractivity contribution in [2.45, 2.75) is 39.3 Å². The summed E-state index contributed by atoms with van der Waals surface area (Å²) < 4.78 is 7.06. The van der Waals surface area contributed by atoms with Crippen LogP contribution in [0.5, 0.6) is 0 Å². The third-order valence-electron chi connectivity index (χ3n) is 5.71. The molecule has 1 aliphatic rings. The van der Waals surface area contributed by atoms with Gasteiger partial charge in [-0.2, -0.15) is 4.98 Å². The van der Waals surface area contributed by atoms with Crippen LogP contribution in [0.3, 0.4) is 0 Å². The van der Waals surface area contributed by atoms with Crippen LogP contribution in [0.1, 0.15) is 46.3 Å². The average Bonchev–Trinajstić information content (AvgIpc) is 3.23. The van der Waals surface area contributed by atoms with Crippen molar-refractivity contribution in [1.82, 2.24) is 24.9 Å². The maximum Gasteiger partial charge on any atom is 0.263 e. The lowest BCUT2D eigenvalue weighted by Crippen LogP contribution is -2.39. The largest absolute Gasteiger partial charge is 0.337 e. The van der Waals surface area contributed by atoms with Crippen molar-refractivity contribution in [3.63, 3.8) is 0 Å². The van der Waals surface area contributed by atoms with Gasteiger partial charge in [0.15, 0.2) is 0 Å². The van der Waals surface area contributed by atoms with E-state index in [1.165, 1.54) is 4.90 Å². The second-order valence-electron chi connectivity index (χ2n) is 8.11. The van der Waals surface area contributed by atoms with Crippen LogP contribution in [0, 0.1) is 13.8 Å². The smallest absolute Gasteiger partial charge is 0.263 e. The average molecular weight is 422 g/mol. The van der Waals surface area contributed by atoms with Crippen LogP contribution in [0.4, 0.5) is 0 Å². The highest BCUT2D eigenvalue weighted by Gasteiger charge is 2.24. The van der Waals surface area contributed by atoms with Crippen LogP contribution in [0.25, 0.3) is 11.4 Å². The Morgan fingerprint density at radius 1 is 1.26 bits per heavy atom. The number of amides is 1. The van der Waals surface area contributed by atoms with Gasteiger partial charge in [0.2, 0.25) is 11.7 Å². The van der Waals surface area contributed by atoms with E-state index < -0.39 is 0 Å². The highest BCUT2D eigenvalue weighted by molar-refractivity contribution is 5.95. The van der Waals surface area contributed by atoms with Crippen LogP contribution in [0.15, 0.2) is 45.8 Å². The zero-order chi connectivity index (χ0) is 22.0. The Bertz CT molecular complexity index is 1140. The number of pyridine rings is 1. The SMILES string of the molecule is Cc1cccc(-c2noc(CN(C)C(=O)c3c(C)ccn(C4CCNCC4)c3=O)n2)c1. The predicted molar refractivity (Wildman–Crippen MR) is 117 cm³/mol. The number of carbonyl (C=O) groups excluding carboxylic acids is 1. The van der Waals surface area contributed by atoms with Gasteiger partial charge in [-0.3, -0.25) is 9.59 Å². The van der Waals surface area contributed by atoms with Crippen LogP contribution in [-0.4, -0.2) is 45.7 Å². The molecule has 0 unspecified atom stereocenters. The first kappa shape index (κ1) is 21.0. The van der Waals surface area contributed by atoms with Crippen LogP contribution in [-0.2, 0) is 6.54 Å². The molecule has 2 aromatic heterocycles. The van der Waals surface area contributed by atoms with E-state index in [9.17, 15) is 9.59 Å². The van der Waals surface area contributed by atoms with E-state index in [1.54, 1.807) is 24.7 Å². The number of nitrogens with one attached hydrogen (secondary N) is 1. The molecule has 3 heterocycles. The number of carbonyl (C=O) groups is 1. The summed E-state index contributed by atoms with van der Waals surface area (Å²) in [5, 5.41) is 7.33. The Labute approximate surface area is 180 Å². The molecule has 8 nitrogen and oxygen atoms in total. The van der Waals surface area contributed by atoms with E-state index in [2.05, 4.69) is 15.5 Å². The molecule has 1 aliphatic heterocycles. The lowest BCUT2D eigenvalue weighted by Gasteiger charge is -2.26. The van der Waals surface area contributed by atoms with Crippen LogP contribution < -0.4 is 10.9 Å². The second kappa shape index (κ2) is 8.85. The molecular formula is C23H27N5O3. The van der Waals surface area contributed by atoms with Gasteiger partial charge in [-0.1, -0.05) is 28.9 Å². The third-order valence-corrected chi connectivity index (χ3v) is 5.71. The Morgan fingerprint density at radius 3 is 2.77 bits per heavy atom. The Balaban J connectivity index is 1.54. The first-order chi connectivity index (χ1) is 14.9. The van der Waals surface area contributed by atoms with E-state index in [0.29, 0.717) is 17.3 Å². The van der Waals surface area contributed by atoms with Gasteiger partial charge in [-0.25, -0.2) is 0 Å². The van der Waals surface area contributed by atoms with Gasteiger partial charge in [-0.15, -0.1) is 0 Å². The van der Waals surface area contributed by atoms with Gasteiger partial charge in [-0.05, 0) is 57.5 Å². The minimum Gasteiger partial charge on any atom is -0.337 e. The number of aryl methyl sites for hydroxylation is 2. The van der Waals surface area contributed by atoms with E-state index in [-0.39, 0.29) is 29.6 Å². The van der Waals surface area contributed by atoms with E-state index in [1.807, 2.05) is 37.3 Å². The fraction of sp³-hybridized carbons (Fsp3) is 0.391. The zero-order valence-corrected chi connectivity index (χ0v) is 18.1. The molecule has 0 radical (unpaired) electrons. The highest BCUT2D eigenvalue weighted by Crippen LogP contribution is 2.19. The molecule has 0 saturated carbocycles. The highest BCUT2D eigenvalue weighted by atomic mass is 16.5. The molecule has 31 heavy (non-hydrogen) atoms. The van der Waals surface area contributed by atoms with Gasteiger partial charge < -0.3 is 19.3 Å². The summed E-state index contributed by atoms with van der Waals surface area (Å²) in [5.41, 5.74) is 2.57. The molecule has 1 aromatic carbocycles. The summed E-state index contributed by atoms with van der Waals surface area (Å²) in [6.45, 7) is 5.65. The summed E-state index contributed by atoms with van der Waals surface area (Å²) in [5.74, 6) is 0.449. The molecule has 0 atom stereocenters. The summed E-state index contributed by atoms with van der Waals surface area (Å²) in [4.78, 5) is 32.2. The molecule has 8 heteroatoms. The quantitative estimate of drug-likeness (QED) is 0.681. The molecule has 1 amide bonds. The van der Waals surface area contributed by atoms with Gasteiger partial charge >= 0.3 is 0 Å². The Morgan fingerprint density at radius 2 is 2.03 bits per heavy atom. The number of rotatable bonds is 5. The molecule has 0 spiro atoms. The van der Waals surface area contributed by atoms with E-state index in [4.69, 9.17) is 4.52 Å². The predicted octanol–water partition coefficient (Wildman–Crippen LogP) is 2.71. The van der Waals surface area contributed by atoms with Crippen molar-refractivity contribution in [2.24, 2.45) is 0 Å². The minimum atomic E-state index is -0.346. The molecule has 1 N–H and O–H groups in total. The number of hydrogen-bond acceptors (Lipinski definition) is 6. The zero-order valence-electron chi connectivity index (χ0n) is 18.1. The van der Waals surface area contributed by atoms with Crippen molar-refractivity contribution in [1.29, 1.82) is 0 Å². The first-order valence-corrected chi connectivity index (χ1v) is 10.5. The number of piperidine rings is 1. The number of aromatic nitrogens is 3. The van der Waals surface area contributed by atoms with Gasteiger partial charge in [0.25, 0.3) is 11.5 Å². The van der Waals surface area contributed by atoms with Gasteiger partial charge in [0, 0.05) is 24.8 Å². The molecule has 3 aromatic rings. The number of benzene rings is 1. The van der Waals surface area contributed by atoms with Crippen molar-refractivity contribution in [3.05, 3.63) is 69.5 Å². The summed E-state index contributed by atoms with van der Waals surface area (Å²) in [7, 11) is 1.64. The van der Waals surface area contributed by atoms with Crippen LogP contribution in [0.2, 0.25) is 0 Å². The third kappa shape index (κ3) is 4.44. The van der Waals surface area contributed by atoms with Crippen molar-refractivity contribution in [3.8, 4) is 11.4 Å². The lowest BCUT2D eigenvalue weighted by atomic mass is 10.0. The molecule has 0 aliphatic carbocycles. The maximum atomic E-state index is 13.2. The van der Waals surface area contributed by atoms with E-state index >= 15 is 0 Å². The minimum absolute atomic E-state index is 0.110. The topological polar surface area (TPSA) is 93.3 Å². The molecular weight excluding hydrogens is 394 g/mol. The number of nitrogens with zero attached hydrogens (tertiary/aromatic N) is 4. The van der Waals surface area contributed by atoms with Gasteiger partial charge in [0.05, 0.1) is 0 Å². The Hall–Kier alpha value is -3.26. The maximum absolute atomic E-state index is 13.2. The monoisotopic (exact) mass is 421 g/mol. The van der Waals surface area contributed by atoms with Crippen molar-refractivity contribution < 1.29 is 9.32 Å². The normalized spacial score (nSPS) is 14.5. The molecule has 1 fully saturated rings. The first-order valence-electron chi connectivity index (χ1n) is 10.5. The summed E-state index contributed by atoms with van der Waals surface area (Å²) in [6, 6.07) is 9.76. The van der Waals surface area contributed by atoms with Crippen molar-refractivity contribution in [2.75, 3.05) is 20.1 Å². The summed E-state index contributed by atoms with van der Waals surface area (Å²) in [6.07, 6.45) is 3.54. The van der Waals surface area contributed by atoms with Gasteiger partial charge in [0.1, 0.15) is 12.1 Å². The standard InChI is InChI=1S/C23H27N5O3/c1-15-5-4-6-17(13-15)21-25-19(31-26-21)14-27(3)22(29)20-16(2)9-12-28(23(20)30)18-7-10-24-11-8-18/h4-6,9,12-13,18,24H,7-8,10-11,14H2,1-3H3. The van der Waals surface area contributed by atoms with Crippen LogP contribution >= 0.6 is 0 Å². The fourth-order valence-electron chi connectivity index (χ4n) is 3.96. The fourth-order valence-corrected chi connectivity index (χ4v) is 3.96.